The molecular weight excluding hydrogens is 250 g/mol. The van der Waals surface area contributed by atoms with Crippen LogP contribution in [0.3, 0.4) is 0 Å². The minimum absolute atomic E-state index is 0.117. The Morgan fingerprint density at radius 3 is 2.60 bits per heavy atom. The average Bonchev–Trinajstić information content (AvgIpc) is 2.43. The maximum atomic E-state index is 12.1. The van der Waals surface area contributed by atoms with Crippen molar-refractivity contribution in [1.29, 1.82) is 0 Å². The molecule has 0 unspecified atom stereocenters. The van der Waals surface area contributed by atoms with E-state index in [9.17, 15) is 4.79 Å². The summed E-state index contributed by atoms with van der Waals surface area (Å²) in [6.45, 7) is 4.38. The van der Waals surface area contributed by atoms with E-state index in [2.05, 4.69) is 37.4 Å². The number of hydrogen-bond acceptors (Lipinski definition) is 2. The van der Waals surface area contributed by atoms with Gasteiger partial charge in [0.25, 0.3) is 0 Å². The normalized spacial score (nSPS) is 22.6. The molecular formula is C17H25NO2. The summed E-state index contributed by atoms with van der Waals surface area (Å²) in [6.07, 6.45) is 4.48. The van der Waals surface area contributed by atoms with E-state index < -0.39 is 0 Å². The van der Waals surface area contributed by atoms with Crippen LogP contribution in [0.1, 0.15) is 42.4 Å². The van der Waals surface area contributed by atoms with E-state index in [-0.39, 0.29) is 18.6 Å². The highest BCUT2D eigenvalue weighted by Gasteiger charge is 2.21. The molecule has 1 aliphatic carbocycles. The predicted octanol–water partition coefficient (Wildman–Crippen LogP) is 2.51. The highest BCUT2D eigenvalue weighted by Crippen LogP contribution is 2.23. The number of rotatable bonds is 4. The van der Waals surface area contributed by atoms with Crippen LogP contribution in [-0.2, 0) is 11.2 Å². The van der Waals surface area contributed by atoms with Crippen LogP contribution in [-0.4, -0.2) is 23.7 Å². The van der Waals surface area contributed by atoms with Gasteiger partial charge >= 0.3 is 0 Å². The molecule has 1 fully saturated rings. The zero-order chi connectivity index (χ0) is 14.5. The lowest BCUT2D eigenvalue weighted by molar-refractivity contribution is -0.121. The van der Waals surface area contributed by atoms with Crippen molar-refractivity contribution in [2.24, 2.45) is 5.92 Å². The smallest absolute Gasteiger partial charge is 0.224 e. The first-order chi connectivity index (χ1) is 9.58. The van der Waals surface area contributed by atoms with Crippen LogP contribution in [0.25, 0.3) is 0 Å². The van der Waals surface area contributed by atoms with Gasteiger partial charge in [-0.3, -0.25) is 4.79 Å². The number of hydrogen-bond donors (Lipinski definition) is 2. The first-order valence-corrected chi connectivity index (χ1v) is 7.55. The maximum Gasteiger partial charge on any atom is 0.224 e. The van der Waals surface area contributed by atoms with Crippen molar-refractivity contribution in [2.45, 2.75) is 52.0 Å². The molecule has 1 aliphatic rings. The standard InChI is InChI=1S/C17H25NO2/c1-12-3-4-13(2)15(9-12)10-17(20)18-16-7-5-14(11-19)6-8-16/h3-4,9,14,16,19H,5-8,10-11H2,1-2H3,(H,18,20). The number of aliphatic hydroxyl groups excluding tert-OH is 1. The molecule has 1 amide bonds. The lowest BCUT2D eigenvalue weighted by Gasteiger charge is -2.28. The average molecular weight is 275 g/mol. The SMILES string of the molecule is Cc1ccc(C)c(CC(=O)NC2CCC(CO)CC2)c1. The van der Waals surface area contributed by atoms with Crippen molar-refractivity contribution in [2.75, 3.05) is 6.61 Å². The van der Waals surface area contributed by atoms with Crippen LogP contribution in [0.2, 0.25) is 0 Å². The molecule has 2 N–H and O–H groups in total. The molecule has 0 bridgehead atoms. The second kappa shape index (κ2) is 6.89. The predicted molar refractivity (Wildman–Crippen MR) is 80.6 cm³/mol. The van der Waals surface area contributed by atoms with Gasteiger partial charge in [0.1, 0.15) is 0 Å². The second-order valence-corrected chi connectivity index (χ2v) is 6.07. The highest BCUT2D eigenvalue weighted by atomic mass is 16.3. The highest BCUT2D eigenvalue weighted by molar-refractivity contribution is 5.79. The van der Waals surface area contributed by atoms with Gasteiger partial charge in [0.15, 0.2) is 0 Å². The van der Waals surface area contributed by atoms with E-state index in [0.717, 1.165) is 31.2 Å². The third kappa shape index (κ3) is 4.07. The molecule has 1 aromatic rings. The Morgan fingerprint density at radius 2 is 1.95 bits per heavy atom. The minimum Gasteiger partial charge on any atom is -0.396 e. The van der Waals surface area contributed by atoms with Gasteiger partial charge in [-0.25, -0.2) is 0 Å². The third-order valence-electron chi connectivity index (χ3n) is 4.33. The number of nitrogens with one attached hydrogen (secondary N) is 1. The molecule has 0 aliphatic heterocycles. The topological polar surface area (TPSA) is 49.3 Å². The fourth-order valence-electron chi connectivity index (χ4n) is 2.93. The molecule has 0 aromatic heterocycles. The van der Waals surface area contributed by atoms with Gasteiger partial charge in [0, 0.05) is 12.6 Å². The van der Waals surface area contributed by atoms with Crippen molar-refractivity contribution in [3.63, 3.8) is 0 Å². The lowest BCUT2D eigenvalue weighted by Crippen LogP contribution is -2.38. The van der Waals surface area contributed by atoms with Crippen molar-refractivity contribution in [1.82, 2.24) is 5.32 Å². The van der Waals surface area contributed by atoms with Gasteiger partial charge in [0.2, 0.25) is 5.91 Å². The fourth-order valence-corrected chi connectivity index (χ4v) is 2.93. The summed E-state index contributed by atoms with van der Waals surface area (Å²) in [5, 5.41) is 12.3. The van der Waals surface area contributed by atoms with Gasteiger partial charge in [-0.2, -0.15) is 0 Å². The molecule has 0 heterocycles. The Hall–Kier alpha value is -1.35. The largest absolute Gasteiger partial charge is 0.396 e. The van der Waals surface area contributed by atoms with E-state index in [1.54, 1.807) is 0 Å². The van der Waals surface area contributed by atoms with Gasteiger partial charge in [-0.1, -0.05) is 23.8 Å². The number of benzene rings is 1. The lowest BCUT2D eigenvalue weighted by atomic mass is 9.86. The van der Waals surface area contributed by atoms with Crippen LogP contribution < -0.4 is 5.32 Å². The third-order valence-corrected chi connectivity index (χ3v) is 4.33. The van der Waals surface area contributed by atoms with E-state index >= 15 is 0 Å². The van der Waals surface area contributed by atoms with Crippen molar-refractivity contribution in [3.05, 3.63) is 34.9 Å². The molecule has 20 heavy (non-hydrogen) atoms. The van der Waals surface area contributed by atoms with Crippen molar-refractivity contribution < 1.29 is 9.90 Å². The number of aliphatic hydroxyl groups is 1. The molecule has 3 heteroatoms. The van der Waals surface area contributed by atoms with Crippen molar-refractivity contribution >= 4 is 5.91 Å². The van der Waals surface area contributed by atoms with Crippen LogP contribution in [0.4, 0.5) is 0 Å². The number of carbonyl (C=O) groups excluding carboxylic acids is 1. The fraction of sp³-hybridized carbons (Fsp3) is 0.588. The van der Waals surface area contributed by atoms with Crippen LogP contribution in [0.15, 0.2) is 18.2 Å². The van der Waals surface area contributed by atoms with E-state index in [4.69, 9.17) is 5.11 Å². The quantitative estimate of drug-likeness (QED) is 0.887. The number of amides is 1. The summed E-state index contributed by atoms with van der Waals surface area (Å²) < 4.78 is 0. The zero-order valence-corrected chi connectivity index (χ0v) is 12.5. The molecule has 1 saturated carbocycles. The minimum atomic E-state index is 0.117. The Kier molecular flexibility index (Phi) is 5.18. The molecule has 0 spiro atoms. The monoisotopic (exact) mass is 275 g/mol. The first-order valence-electron chi connectivity index (χ1n) is 7.55. The molecule has 0 saturated heterocycles. The molecule has 110 valence electrons. The summed E-state index contributed by atoms with van der Waals surface area (Å²) >= 11 is 0. The zero-order valence-electron chi connectivity index (χ0n) is 12.5. The summed E-state index contributed by atoms with van der Waals surface area (Å²) in [5.74, 6) is 0.549. The Balaban J connectivity index is 1.85. The summed E-state index contributed by atoms with van der Waals surface area (Å²) in [6, 6.07) is 6.53. The molecule has 0 atom stereocenters. The van der Waals surface area contributed by atoms with E-state index in [1.807, 2.05) is 0 Å². The summed E-state index contributed by atoms with van der Waals surface area (Å²) in [4.78, 5) is 12.1. The van der Waals surface area contributed by atoms with Gasteiger partial charge in [0.05, 0.1) is 6.42 Å². The van der Waals surface area contributed by atoms with E-state index in [1.165, 1.54) is 11.1 Å². The van der Waals surface area contributed by atoms with Gasteiger partial charge < -0.3 is 10.4 Å². The van der Waals surface area contributed by atoms with Crippen LogP contribution in [0.5, 0.6) is 0 Å². The molecule has 2 rings (SSSR count). The van der Waals surface area contributed by atoms with Gasteiger partial charge in [-0.15, -0.1) is 0 Å². The molecule has 0 radical (unpaired) electrons. The number of aryl methyl sites for hydroxylation is 2. The second-order valence-electron chi connectivity index (χ2n) is 6.07. The van der Waals surface area contributed by atoms with Crippen molar-refractivity contribution in [3.8, 4) is 0 Å². The maximum absolute atomic E-state index is 12.1. The van der Waals surface area contributed by atoms with E-state index in [0.29, 0.717) is 12.3 Å². The van der Waals surface area contributed by atoms with Crippen LogP contribution >= 0.6 is 0 Å². The molecule has 3 nitrogen and oxygen atoms in total. The summed E-state index contributed by atoms with van der Waals surface area (Å²) in [5.41, 5.74) is 3.49. The Labute approximate surface area is 121 Å². The summed E-state index contributed by atoms with van der Waals surface area (Å²) in [7, 11) is 0. The molecule has 1 aromatic carbocycles. The number of carbonyl (C=O) groups is 1. The Morgan fingerprint density at radius 1 is 1.25 bits per heavy atom. The van der Waals surface area contributed by atoms with Crippen LogP contribution in [0, 0.1) is 19.8 Å². The Bertz CT molecular complexity index is 462. The first kappa shape index (κ1) is 15.0. The van der Waals surface area contributed by atoms with Gasteiger partial charge in [-0.05, 0) is 56.6 Å².